The fourth-order valence-electron chi connectivity index (χ4n) is 8.03. The van der Waals surface area contributed by atoms with Crippen LogP contribution in [0.5, 0.6) is 0 Å². The van der Waals surface area contributed by atoms with E-state index in [2.05, 4.69) is 234 Å². The molecule has 0 spiro atoms. The Kier molecular flexibility index (Phi) is 8.51. The molecule has 0 aliphatic carbocycles. The minimum atomic E-state index is 0.966. The van der Waals surface area contributed by atoms with Gasteiger partial charge in [-0.15, -0.1) is 0 Å². The van der Waals surface area contributed by atoms with Crippen LogP contribution < -0.4 is 4.90 Å². The van der Waals surface area contributed by atoms with Crippen molar-refractivity contribution in [2.75, 3.05) is 4.90 Å². The molecule has 10 aromatic rings. The number of anilines is 3. The lowest BCUT2D eigenvalue weighted by Gasteiger charge is -2.25. The van der Waals surface area contributed by atoms with E-state index in [0.29, 0.717) is 0 Å². The van der Waals surface area contributed by atoms with E-state index in [9.17, 15) is 0 Å². The number of benzene rings is 8. The molecule has 10 rings (SSSR count). The van der Waals surface area contributed by atoms with Crippen LogP contribution in [-0.4, -0.2) is 9.61 Å². The van der Waals surface area contributed by atoms with E-state index in [4.69, 9.17) is 5.10 Å². The molecule has 0 saturated heterocycles. The van der Waals surface area contributed by atoms with Crippen LogP contribution in [0.15, 0.2) is 224 Å². The minimum Gasteiger partial charge on any atom is -0.311 e. The van der Waals surface area contributed by atoms with E-state index in [1.54, 1.807) is 0 Å². The van der Waals surface area contributed by atoms with Crippen LogP contribution in [-0.2, 0) is 0 Å². The molecule has 2 heterocycles. The van der Waals surface area contributed by atoms with Crippen LogP contribution in [0.2, 0.25) is 0 Å². The molecule has 3 nitrogen and oxygen atoms in total. The Balaban J connectivity index is 1.14. The summed E-state index contributed by atoms with van der Waals surface area (Å²) in [6, 6.07) is 79.7. The maximum Gasteiger partial charge on any atom is 0.101 e. The first-order valence-corrected chi connectivity index (χ1v) is 19.1. The van der Waals surface area contributed by atoms with E-state index in [1.807, 2.05) is 0 Å². The van der Waals surface area contributed by atoms with Crippen molar-refractivity contribution in [1.82, 2.24) is 9.61 Å². The molecule has 0 unspecified atom stereocenters. The third-order valence-electron chi connectivity index (χ3n) is 10.6. The molecule has 0 saturated carbocycles. The second kappa shape index (κ2) is 14.4. The highest BCUT2D eigenvalue weighted by atomic mass is 15.2. The van der Waals surface area contributed by atoms with Crippen LogP contribution in [0, 0.1) is 0 Å². The van der Waals surface area contributed by atoms with Crippen LogP contribution in [0.1, 0.15) is 0 Å². The van der Waals surface area contributed by atoms with Gasteiger partial charge in [-0.1, -0.05) is 188 Å². The van der Waals surface area contributed by atoms with Crippen molar-refractivity contribution in [3.05, 3.63) is 224 Å². The molecule has 0 radical (unpaired) electrons. The second-order valence-corrected chi connectivity index (χ2v) is 14.0. The van der Waals surface area contributed by atoms with Gasteiger partial charge in [0.15, 0.2) is 0 Å². The number of hydrogen-bond acceptors (Lipinski definition) is 2. The molecular weight excluding hydrogens is 679 g/mol. The lowest BCUT2D eigenvalue weighted by molar-refractivity contribution is 0.981. The van der Waals surface area contributed by atoms with Crippen LogP contribution in [0.3, 0.4) is 0 Å². The molecule has 2 aromatic heterocycles. The van der Waals surface area contributed by atoms with Crippen LogP contribution >= 0.6 is 0 Å². The Hall–Kier alpha value is -7.49. The fourth-order valence-corrected chi connectivity index (χ4v) is 8.03. The second-order valence-electron chi connectivity index (χ2n) is 14.0. The topological polar surface area (TPSA) is 20.5 Å². The highest BCUT2D eigenvalue weighted by molar-refractivity contribution is 6.14. The maximum absolute atomic E-state index is 5.52. The third kappa shape index (κ3) is 5.92. The van der Waals surface area contributed by atoms with Gasteiger partial charge in [-0.2, -0.15) is 5.10 Å². The summed E-state index contributed by atoms with van der Waals surface area (Å²) in [7, 11) is 0. The quantitative estimate of drug-likeness (QED) is 0.156. The number of aromatic nitrogens is 2. The van der Waals surface area contributed by atoms with E-state index < -0.39 is 0 Å². The summed E-state index contributed by atoms with van der Waals surface area (Å²) in [6.07, 6.45) is 0. The monoisotopic (exact) mass is 715 g/mol. The van der Waals surface area contributed by atoms with E-state index in [-0.39, 0.29) is 0 Å². The zero-order valence-electron chi connectivity index (χ0n) is 30.7. The zero-order valence-corrected chi connectivity index (χ0v) is 30.7. The van der Waals surface area contributed by atoms with E-state index in [1.165, 1.54) is 5.39 Å². The van der Waals surface area contributed by atoms with Crippen molar-refractivity contribution >= 4 is 33.4 Å². The number of nitrogens with zero attached hydrogens (tertiary/aromatic N) is 3. The van der Waals surface area contributed by atoms with Gasteiger partial charge in [-0.25, -0.2) is 4.52 Å². The Bertz CT molecular complexity index is 2860. The molecule has 8 aromatic carbocycles. The van der Waals surface area contributed by atoms with Crippen molar-refractivity contribution in [3.8, 4) is 55.9 Å². The van der Waals surface area contributed by atoms with Gasteiger partial charge < -0.3 is 4.90 Å². The van der Waals surface area contributed by atoms with Gasteiger partial charge in [0, 0.05) is 44.7 Å². The van der Waals surface area contributed by atoms with Gasteiger partial charge >= 0.3 is 0 Å². The molecular formula is C53H37N3. The molecule has 0 aliphatic heterocycles. The van der Waals surface area contributed by atoms with Gasteiger partial charge in [-0.05, 0) is 64.0 Å². The standard InChI is InChI=1S/C53H37N3/c1-6-18-40(19-7-1)50-51(42-20-8-2-9-21-42)54-56-52(43-22-10-3-11-23-43)49(47-28-16-17-29-48(47)53(50)56)41-32-30-38(31-33-41)39-34-36-46(37-35-39)55(44-24-12-4-13-25-44)45-26-14-5-15-27-45/h1-37H. The summed E-state index contributed by atoms with van der Waals surface area (Å²) in [5.41, 5.74) is 15.6. The summed E-state index contributed by atoms with van der Waals surface area (Å²) < 4.78 is 2.20. The van der Waals surface area contributed by atoms with E-state index in [0.717, 1.165) is 83.9 Å². The first-order chi connectivity index (χ1) is 27.8. The SMILES string of the molecule is c1ccc(-c2nn3c(-c4ccccc4)c(-c4ccc(-c5ccc(N(c6ccccc6)c6ccccc6)cc5)cc4)c4ccccc4c3c2-c2ccccc2)cc1. The van der Waals surface area contributed by atoms with Crippen molar-refractivity contribution < 1.29 is 0 Å². The highest BCUT2D eigenvalue weighted by Crippen LogP contribution is 2.46. The molecule has 0 atom stereocenters. The zero-order chi connectivity index (χ0) is 37.3. The molecule has 0 amide bonds. The lowest BCUT2D eigenvalue weighted by Crippen LogP contribution is -2.09. The summed E-state index contributed by atoms with van der Waals surface area (Å²) in [6.45, 7) is 0. The average molecular weight is 716 g/mol. The molecule has 0 N–H and O–H groups in total. The predicted molar refractivity (Wildman–Crippen MR) is 235 cm³/mol. The maximum atomic E-state index is 5.52. The summed E-state index contributed by atoms with van der Waals surface area (Å²) in [5, 5.41) is 7.87. The molecule has 0 aliphatic rings. The fraction of sp³-hybridized carbons (Fsp3) is 0. The molecule has 3 heteroatoms. The first-order valence-electron chi connectivity index (χ1n) is 19.1. The number of para-hydroxylation sites is 2. The third-order valence-corrected chi connectivity index (χ3v) is 10.6. The summed E-state index contributed by atoms with van der Waals surface area (Å²) >= 11 is 0. The average Bonchev–Trinajstić information content (AvgIpc) is 3.69. The predicted octanol–water partition coefficient (Wildman–Crippen LogP) is 14.3. The van der Waals surface area contributed by atoms with Gasteiger partial charge in [0.1, 0.15) is 5.69 Å². The van der Waals surface area contributed by atoms with Gasteiger partial charge in [0.2, 0.25) is 0 Å². The van der Waals surface area contributed by atoms with E-state index >= 15 is 0 Å². The number of pyridine rings is 1. The Morgan fingerprint density at radius 3 is 1.25 bits per heavy atom. The molecule has 56 heavy (non-hydrogen) atoms. The van der Waals surface area contributed by atoms with Crippen LogP contribution in [0.25, 0.3) is 72.2 Å². The molecule has 0 bridgehead atoms. The highest BCUT2D eigenvalue weighted by Gasteiger charge is 2.25. The van der Waals surface area contributed by atoms with Crippen molar-refractivity contribution in [2.24, 2.45) is 0 Å². The molecule has 0 fully saturated rings. The first kappa shape index (κ1) is 33.1. The Labute approximate surface area is 327 Å². The molecule has 264 valence electrons. The van der Waals surface area contributed by atoms with Gasteiger partial charge in [0.05, 0.1) is 11.2 Å². The number of fused-ring (bicyclic) bond motifs is 3. The van der Waals surface area contributed by atoms with Crippen LogP contribution in [0.4, 0.5) is 17.1 Å². The number of hydrogen-bond donors (Lipinski definition) is 0. The Morgan fingerprint density at radius 2 is 0.696 bits per heavy atom. The van der Waals surface area contributed by atoms with Crippen molar-refractivity contribution in [1.29, 1.82) is 0 Å². The largest absolute Gasteiger partial charge is 0.311 e. The minimum absolute atomic E-state index is 0.966. The number of rotatable bonds is 8. The summed E-state index contributed by atoms with van der Waals surface area (Å²) in [5.74, 6) is 0. The van der Waals surface area contributed by atoms with Gasteiger partial charge in [0.25, 0.3) is 0 Å². The van der Waals surface area contributed by atoms with Crippen molar-refractivity contribution in [3.63, 3.8) is 0 Å². The normalized spacial score (nSPS) is 11.2. The smallest absolute Gasteiger partial charge is 0.101 e. The van der Waals surface area contributed by atoms with Gasteiger partial charge in [-0.3, -0.25) is 0 Å². The lowest BCUT2D eigenvalue weighted by atomic mass is 9.90. The summed E-state index contributed by atoms with van der Waals surface area (Å²) in [4.78, 5) is 2.29. The Morgan fingerprint density at radius 1 is 0.304 bits per heavy atom. The van der Waals surface area contributed by atoms with Crippen molar-refractivity contribution in [2.45, 2.75) is 0 Å².